The minimum Gasteiger partial charge on any atom is -0.304 e. The van der Waals surface area contributed by atoms with E-state index in [4.69, 9.17) is 0 Å². The topological polar surface area (TPSA) is 25.2 Å². The maximum Gasteiger partial charge on any atom is 0.268 e. The van der Waals surface area contributed by atoms with Gasteiger partial charge in [0.15, 0.2) is 0 Å². The van der Waals surface area contributed by atoms with Crippen molar-refractivity contribution in [3.8, 4) is 0 Å². The summed E-state index contributed by atoms with van der Waals surface area (Å²) in [6, 6.07) is 8.17. The number of fused-ring (bicyclic) bond motifs is 1. The van der Waals surface area contributed by atoms with Crippen molar-refractivity contribution in [2.24, 2.45) is 0 Å². The highest BCUT2D eigenvalue weighted by molar-refractivity contribution is 7.13. The zero-order chi connectivity index (χ0) is 14.5. The average molecular weight is 292 g/mol. The van der Waals surface area contributed by atoms with Gasteiger partial charge in [0.1, 0.15) is 0 Å². The lowest BCUT2D eigenvalue weighted by Gasteiger charge is -2.19. The fourth-order valence-electron chi connectivity index (χ4n) is 2.55. The van der Waals surface area contributed by atoms with Gasteiger partial charge in [-0.3, -0.25) is 8.75 Å². The lowest BCUT2D eigenvalue weighted by molar-refractivity contribution is 0.289. The molecule has 1 atom stereocenters. The van der Waals surface area contributed by atoms with Crippen LogP contribution in [0.5, 0.6) is 0 Å². The van der Waals surface area contributed by atoms with Crippen molar-refractivity contribution in [3.05, 3.63) is 34.6 Å². The van der Waals surface area contributed by atoms with E-state index in [0.717, 1.165) is 42.6 Å². The third-order valence-electron chi connectivity index (χ3n) is 3.91. The highest BCUT2D eigenvalue weighted by atomic mass is 32.1. The van der Waals surface area contributed by atoms with E-state index < -0.39 is 0 Å². The summed E-state index contributed by atoms with van der Waals surface area (Å²) in [5.74, 6) is 0. The Balaban J connectivity index is 2.02. The number of hydrogen-bond acceptors (Lipinski definition) is 3. The third-order valence-corrected chi connectivity index (χ3v) is 5.18. The van der Waals surface area contributed by atoms with Crippen molar-refractivity contribution < 1.29 is 0 Å². The molecular formula is C16H24N2OS. The molecule has 0 amide bonds. The molecule has 1 aromatic carbocycles. The first kappa shape index (κ1) is 15.3. The highest BCUT2D eigenvalue weighted by Gasteiger charge is 2.12. The highest BCUT2D eigenvalue weighted by Crippen LogP contribution is 2.21. The van der Waals surface area contributed by atoms with Gasteiger partial charge in [-0.15, -0.1) is 0 Å². The first-order valence-corrected chi connectivity index (χ1v) is 8.27. The summed E-state index contributed by atoms with van der Waals surface area (Å²) >= 11 is 1.59. The Kier molecular flexibility index (Phi) is 5.38. The monoisotopic (exact) mass is 292 g/mol. The second-order valence-electron chi connectivity index (χ2n) is 5.24. The van der Waals surface area contributed by atoms with Gasteiger partial charge in [0, 0.05) is 6.04 Å². The van der Waals surface area contributed by atoms with E-state index in [9.17, 15) is 4.79 Å². The van der Waals surface area contributed by atoms with Gasteiger partial charge in [-0.1, -0.05) is 37.5 Å². The minimum atomic E-state index is 0.168. The van der Waals surface area contributed by atoms with Crippen molar-refractivity contribution >= 4 is 21.6 Å². The second-order valence-corrected chi connectivity index (χ2v) is 6.25. The molecule has 1 unspecified atom stereocenters. The molecule has 0 radical (unpaired) electrons. The quantitative estimate of drug-likeness (QED) is 0.776. The van der Waals surface area contributed by atoms with E-state index >= 15 is 0 Å². The van der Waals surface area contributed by atoms with Gasteiger partial charge in [0.25, 0.3) is 5.56 Å². The van der Waals surface area contributed by atoms with Crippen LogP contribution < -0.4 is 5.56 Å². The van der Waals surface area contributed by atoms with Crippen LogP contribution in [0.4, 0.5) is 0 Å². The number of aromatic nitrogens is 1. The molecule has 0 fully saturated rings. The van der Waals surface area contributed by atoms with Gasteiger partial charge in [-0.05, 0) is 51.5 Å². The first-order valence-electron chi connectivity index (χ1n) is 7.50. The van der Waals surface area contributed by atoms with Crippen LogP contribution in [-0.2, 0) is 0 Å². The predicted octanol–water partition coefficient (Wildman–Crippen LogP) is 3.75. The molecule has 0 aliphatic carbocycles. The predicted molar refractivity (Wildman–Crippen MR) is 87.8 cm³/mol. The van der Waals surface area contributed by atoms with Crippen molar-refractivity contribution in [2.75, 3.05) is 19.6 Å². The molecule has 0 spiro atoms. The molecule has 20 heavy (non-hydrogen) atoms. The fraction of sp³-hybridized carbons (Fsp3) is 0.562. The van der Waals surface area contributed by atoms with Gasteiger partial charge >= 0.3 is 0 Å². The van der Waals surface area contributed by atoms with Crippen molar-refractivity contribution in [1.29, 1.82) is 0 Å². The second kappa shape index (κ2) is 7.04. The molecule has 0 aliphatic heterocycles. The molecule has 2 rings (SSSR count). The molecule has 3 nitrogen and oxygen atoms in total. The molecular weight excluding hydrogens is 268 g/mol. The standard InChI is InChI=1S/C16H24N2OS/c1-4-17(5-2)12-8-9-13(3)18-16(19)14-10-6-7-11-15(14)20-18/h6-7,10-11,13H,4-5,8-9,12H2,1-3H3. The Hall–Kier alpha value is -1.13. The Morgan fingerprint density at radius 2 is 1.95 bits per heavy atom. The molecule has 0 saturated carbocycles. The lowest BCUT2D eigenvalue weighted by Crippen LogP contribution is -2.25. The largest absolute Gasteiger partial charge is 0.304 e. The first-order chi connectivity index (χ1) is 9.67. The zero-order valence-corrected chi connectivity index (χ0v) is 13.4. The van der Waals surface area contributed by atoms with Gasteiger partial charge in [-0.25, -0.2) is 0 Å². The van der Waals surface area contributed by atoms with Crippen LogP contribution in [0.15, 0.2) is 29.1 Å². The molecule has 1 aromatic heterocycles. The van der Waals surface area contributed by atoms with Crippen LogP contribution in [0.3, 0.4) is 0 Å². The summed E-state index contributed by atoms with van der Waals surface area (Å²) in [6.45, 7) is 9.88. The van der Waals surface area contributed by atoms with E-state index in [2.05, 4.69) is 25.7 Å². The molecule has 110 valence electrons. The smallest absolute Gasteiger partial charge is 0.268 e. The van der Waals surface area contributed by atoms with Gasteiger partial charge < -0.3 is 4.90 Å². The van der Waals surface area contributed by atoms with E-state index in [-0.39, 0.29) is 11.6 Å². The van der Waals surface area contributed by atoms with Gasteiger partial charge in [0.2, 0.25) is 0 Å². The molecule has 0 N–H and O–H groups in total. The summed E-state index contributed by atoms with van der Waals surface area (Å²) in [5, 5.41) is 0.855. The normalized spacial score (nSPS) is 13.2. The Labute approximate surface area is 125 Å². The van der Waals surface area contributed by atoms with E-state index in [1.54, 1.807) is 11.5 Å². The van der Waals surface area contributed by atoms with Crippen LogP contribution in [0.25, 0.3) is 10.1 Å². The zero-order valence-electron chi connectivity index (χ0n) is 12.6. The fourth-order valence-corrected chi connectivity index (χ4v) is 3.62. The van der Waals surface area contributed by atoms with E-state index in [1.165, 1.54) is 0 Å². The molecule has 0 saturated heterocycles. The van der Waals surface area contributed by atoms with Gasteiger partial charge in [-0.2, -0.15) is 0 Å². The average Bonchev–Trinajstić information content (AvgIpc) is 2.81. The SMILES string of the molecule is CCN(CC)CCCC(C)n1sc2ccccc2c1=O. The van der Waals surface area contributed by atoms with Crippen LogP contribution >= 0.6 is 11.5 Å². The van der Waals surface area contributed by atoms with Gasteiger partial charge in [0.05, 0.1) is 10.1 Å². The van der Waals surface area contributed by atoms with E-state index in [0.29, 0.717) is 0 Å². The summed E-state index contributed by atoms with van der Waals surface area (Å²) in [6.07, 6.45) is 2.20. The maximum absolute atomic E-state index is 12.3. The molecule has 4 heteroatoms. The summed E-state index contributed by atoms with van der Waals surface area (Å²) in [5.41, 5.74) is 0.168. The number of rotatable bonds is 7. The Morgan fingerprint density at radius 3 is 2.60 bits per heavy atom. The number of benzene rings is 1. The molecule has 0 aliphatic rings. The van der Waals surface area contributed by atoms with E-state index in [1.807, 2.05) is 28.2 Å². The number of nitrogens with zero attached hydrogens (tertiary/aromatic N) is 2. The molecule has 1 heterocycles. The summed E-state index contributed by atoms with van der Waals surface area (Å²) in [4.78, 5) is 14.8. The Morgan fingerprint density at radius 1 is 1.25 bits per heavy atom. The van der Waals surface area contributed by atoms with Crippen molar-refractivity contribution in [3.63, 3.8) is 0 Å². The van der Waals surface area contributed by atoms with Crippen molar-refractivity contribution in [2.45, 2.75) is 39.7 Å². The van der Waals surface area contributed by atoms with Crippen LogP contribution in [-0.4, -0.2) is 28.5 Å². The third kappa shape index (κ3) is 3.30. The minimum absolute atomic E-state index is 0.168. The Bertz CT molecular complexity index is 598. The lowest BCUT2D eigenvalue weighted by atomic mass is 10.2. The molecule has 0 bridgehead atoms. The summed E-state index contributed by atoms with van der Waals surface area (Å²) < 4.78 is 3.03. The van der Waals surface area contributed by atoms with Crippen LogP contribution in [0.1, 0.15) is 39.7 Å². The summed E-state index contributed by atoms with van der Waals surface area (Å²) in [7, 11) is 0. The van der Waals surface area contributed by atoms with Crippen LogP contribution in [0.2, 0.25) is 0 Å². The van der Waals surface area contributed by atoms with Crippen molar-refractivity contribution in [1.82, 2.24) is 8.86 Å². The number of hydrogen-bond donors (Lipinski definition) is 0. The maximum atomic E-state index is 12.3. The van der Waals surface area contributed by atoms with Crippen LogP contribution in [0, 0.1) is 0 Å². The molecule has 2 aromatic rings.